The molecule has 0 fully saturated rings. The average molecular weight is 219 g/mol. The summed E-state index contributed by atoms with van der Waals surface area (Å²) >= 11 is 0. The number of aromatic carboxylic acids is 1. The molecule has 0 aliphatic carbocycles. The van der Waals surface area contributed by atoms with Crippen molar-refractivity contribution in [2.45, 2.75) is 19.5 Å². The molecule has 0 aromatic heterocycles. The summed E-state index contributed by atoms with van der Waals surface area (Å²) in [5.74, 6) is -0.832. The van der Waals surface area contributed by atoms with E-state index in [0.717, 1.165) is 17.2 Å². The Kier molecular flexibility index (Phi) is 3.86. The number of hydrogen-bond acceptors (Lipinski definition) is 1. The third-order valence-corrected chi connectivity index (χ3v) is 3.72. The largest absolute Gasteiger partial charge is 0.478 e. The van der Waals surface area contributed by atoms with Crippen molar-refractivity contribution in [2.24, 2.45) is 0 Å². The van der Waals surface area contributed by atoms with Gasteiger partial charge < -0.3 is 5.11 Å². The van der Waals surface area contributed by atoms with Gasteiger partial charge >= 0.3 is 5.97 Å². The van der Waals surface area contributed by atoms with E-state index in [1.807, 2.05) is 18.2 Å². The summed E-state index contributed by atoms with van der Waals surface area (Å²) in [7, 11) is -0.742. The molecule has 0 aliphatic rings. The van der Waals surface area contributed by atoms with E-state index >= 15 is 0 Å². The van der Waals surface area contributed by atoms with E-state index in [9.17, 15) is 4.79 Å². The van der Waals surface area contributed by atoms with E-state index < -0.39 is 14.8 Å². The van der Waals surface area contributed by atoms with Gasteiger partial charge in [0.1, 0.15) is 0 Å². The standard InChI is InChI=1S/C12H15O2Si/c1-4-5-9-6-7-10(12(13)14)11(8-9)15(2)3/h4,6-8H,1,5H2,2-3H3,(H,13,14). The summed E-state index contributed by atoms with van der Waals surface area (Å²) in [6.07, 6.45) is 2.62. The van der Waals surface area contributed by atoms with Crippen LogP contribution in [0.3, 0.4) is 0 Å². The highest BCUT2D eigenvalue weighted by Crippen LogP contribution is 2.05. The van der Waals surface area contributed by atoms with Crippen LogP contribution in [0.15, 0.2) is 30.9 Å². The van der Waals surface area contributed by atoms with Crippen LogP contribution in [0.1, 0.15) is 15.9 Å². The van der Waals surface area contributed by atoms with Crippen molar-refractivity contribution in [1.29, 1.82) is 0 Å². The van der Waals surface area contributed by atoms with Gasteiger partial charge in [-0.3, -0.25) is 0 Å². The minimum Gasteiger partial charge on any atom is -0.478 e. The molecule has 1 aromatic carbocycles. The van der Waals surface area contributed by atoms with E-state index in [-0.39, 0.29) is 0 Å². The Morgan fingerprint density at radius 3 is 2.67 bits per heavy atom. The van der Waals surface area contributed by atoms with Gasteiger partial charge in [-0.15, -0.1) is 6.58 Å². The second-order valence-corrected chi connectivity index (χ2v) is 6.22. The fraction of sp³-hybridized carbons (Fsp3) is 0.250. The van der Waals surface area contributed by atoms with Gasteiger partial charge in [0.05, 0.1) is 14.4 Å². The van der Waals surface area contributed by atoms with Crippen molar-refractivity contribution < 1.29 is 9.90 Å². The molecule has 1 aromatic rings. The number of rotatable bonds is 4. The maximum atomic E-state index is 11.0. The second-order valence-electron chi connectivity index (χ2n) is 3.68. The summed E-state index contributed by atoms with van der Waals surface area (Å²) in [4.78, 5) is 11.0. The van der Waals surface area contributed by atoms with Crippen molar-refractivity contribution >= 4 is 20.0 Å². The Bertz CT molecular complexity index is 383. The number of carboxylic acid groups (broad SMARTS) is 1. The molecule has 0 aliphatic heterocycles. The topological polar surface area (TPSA) is 37.3 Å². The molecule has 0 unspecified atom stereocenters. The predicted molar refractivity (Wildman–Crippen MR) is 64.4 cm³/mol. The van der Waals surface area contributed by atoms with Gasteiger partial charge in [0.15, 0.2) is 0 Å². The van der Waals surface area contributed by atoms with Crippen LogP contribution in [0.5, 0.6) is 0 Å². The lowest BCUT2D eigenvalue weighted by Gasteiger charge is -2.10. The van der Waals surface area contributed by atoms with Crippen LogP contribution in [-0.2, 0) is 6.42 Å². The third-order valence-electron chi connectivity index (χ3n) is 2.23. The van der Waals surface area contributed by atoms with Crippen molar-refractivity contribution in [1.82, 2.24) is 0 Å². The van der Waals surface area contributed by atoms with E-state index in [1.54, 1.807) is 6.07 Å². The maximum absolute atomic E-state index is 11.0. The second kappa shape index (κ2) is 4.93. The first kappa shape index (κ1) is 11.7. The number of carbonyl (C=O) groups is 1. The first-order chi connectivity index (χ1) is 7.06. The fourth-order valence-corrected chi connectivity index (χ4v) is 2.69. The Balaban J connectivity index is 3.20. The number of hydrogen-bond donors (Lipinski definition) is 1. The zero-order valence-corrected chi connectivity index (χ0v) is 10.1. The molecular weight excluding hydrogens is 204 g/mol. The smallest absolute Gasteiger partial charge is 0.335 e. The first-order valence-electron chi connectivity index (χ1n) is 4.84. The third kappa shape index (κ3) is 2.80. The van der Waals surface area contributed by atoms with Crippen LogP contribution in [0.2, 0.25) is 13.1 Å². The molecule has 0 heterocycles. The minimum atomic E-state index is -0.832. The Hall–Kier alpha value is -1.35. The molecule has 1 rings (SSSR count). The summed E-state index contributed by atoms with van der Waals surface area (Å²) in [6, 6.07) is 5.56. The lowest BCUT2D eigenvalue weighted by Crippen LogP contribution is -2.29. The van der Waals surface area contributed by atoms with Crippen molar-refractivity contribution in [3.8, 4) is 0 Å². The van der Waals surface area contributed by atoms with Crippen LogP contribution in [0, 0.1) is 0 Å². The van der Waals surface area contributed by atoms with Crippen molar-refractivity contribution in [3.63, 3.8) is 0 Å². The summed E-state index contributed by atoms with van der Waals surface area (Å²) in [5, 5.41) is 10.0. The summed E-state index contributed by atoms with van der Waals surface area (Å²) in [5.41, 5.74) is 1.58. The molecule has 0 saturated carbocycles. The first-order valence-corrected chi connectivity index (χ1v) is 7.34. The number of carboxylic acids is 1. The molecule has 0 bridgehead atoms. The highest BCUT2D eigenvalue weighted by atomic mass is 28.3. The SMILES string of the molecule is C=CCc1ccc(C(=O)O)c([Si](C)C)c1. The minimum absolute atomic E-state index is 0.446. The van der Waals surface area contributed by atoms with Gasteiger partial charge in [0, 0.05) is 0 Å². The Labute approximate surface area is 91.9 Å². The lowest BCUT2D eigenvalue weighted by molar-refractivity contribution is 0.0698. The van der Waals surface area contributed by atoms with Crippen LogP contribution >= 0.6 is 0 Å². The van der Waals surface area contributed by atoms with Gasteiger partial charge in [-0.2, -0.15) is 0 Å². The van der Waals surface area contributed by atoms with E-state index in [0.29, 0.717) is 5.56 Å². The highest BCUT2D eigenvalue weighted by Gasteiger charge is 2.13. The molecule has 3 heteroatoms. The van der Waals surface area contributed by atoms with Crippen LogP contribution in [-0.4, -0.2) is 19.9 Å². The molecule has 2 nitrogen and oxygen atoms in total. The normalized spacial score (nSPS) is 10.3. The maximum Gasteiger partial charge on any atom is 0.335 e. The quantitative estimate of drug-likeness (QED) is 0.622. The molecule has 79 valence electrons. The number of benzene rings is 1. The molecule has 0 amide bonds. The van der Waals surface area contributed by atoms with E-state index in [2.05, 4.69) is 19.7 Å². The molecule has 1 radical (unpaired) electrons. The zero-order chi connectivity index (χ0) is 11.4. The van der Waals surface area contributed by atoms with Crippen LogP contribution in [0.4, 0.5) is 0 Å². The molecule has 15 heavy (non-hydrogen) atoms. The number of allylic oxidation sites excluding steroid dienone is 1. The van der Waals surface area contributed by atoms with Crippen molar-refractivity contribution in [3.05, 3.63) is 42.0 Å². The Morgan fingerprint density at radius 2 is 2.20 bits per heavy atom. The molecule has 0 saturated heterocycles. The zero-order valence-electron chi connectivity index (χ0n) is 9.08. The summed E-state index contributed by atoms with van der Waals surface area (Å²) < 4.78 is 0. The van der Waals surface area contributed by atoms with Gasteiger partial charge in [-0.1, -0.05) is 31.3 Å². The average Bonchev–Trinajstić information content (AvgIpc) is 2.17. The lowest BCUT2D eigenvalue weighted by atomic mass is 10.1. The fourth-order valence-electron chi connectivity index (χ4n) is 1.49. The molecule has 0 atom stereocenters. The highest BCUT2D eigenvalue weighted by molar-refractivity contribution is 6.71. The van der Waals surface area contributed by atoms with Gasteiger partial charge in [-0.05, 0) is 23.2 Å². The van der Waals surface area contributed by atoms with Crippen LogP contribution in [0.25, 0.3) is 0 Å². The van der Waals surface area contributed by atoms with Crippen molar-refractivity contribution in [2.75, 3.05) is 0 Å². The van der Waals surface area contributed by atoms with Gasteiger partial charge in [-0.25, -0.2) is 4.79 Å². The van der Waals surface area contributed by atoms with E-state index in [4.69, 9.17) is 5.11 Å². The molecule has 0 spiro atoms. The van der Waals surface area contributed by atoms with Gasteiger partial charge in [0.25, 0.3) is 0 Å². The van der Waals surface area contributed by atoms with Crippen LogP contribution < -0.4 is 5.19 Å². The molecular formula is C12H15O2Si. The van der Waals surface area contributed by atoms with Gasteiger partial charge in [0.2, 0.25) is 0 Å². The Morgan fingerprint density at radius 1 is 1.53 bits per heavy atom. The predicted octanol–water partition coefficient (Wildman–Crippen LogP) is 2.07. The summed E-state index contributed by atoms with van der Waals surface area (Å²) in [6.45, 7) is 7.88. The van der Waals surface area contributed by atoms with E-state index in [1.165, 1.54) is 0 Å². The monoisotopic (exact) mass is 219 g/mol. The molecule has 1 N–H and O–H groups in total.